The van der Waals surface area contributed by atoms with Crippen LogP contribution in [-0.4, -0.2) is 72.5 Å². The average Bonchev–Trinajstić information content (AvgIpc) is 3.74. The third kappa shape index (κ3) is 7.45. The summed E-state index contributed by atoms with van der Waals surface area (Å²) in [5.41, 5.74) is -0.328. The number of halogens is 1. The fourth-order valence-electron chi connectivity index (χ4n) is 5.74. The van der Waals surface area contributed by atoms with E-state index in [9.17, 15) is 22.7 Å². The number of nitrogens with zero attached hydrogens (tertiary/aromatic N) is 3. The van der Waals surface area contributed by atoms with Crippen molar-refractivity contribution in [1.82, 2.24) is 13.9 Å². The minimum atomic E-state index is -4.25. The smallest absolute Gasteiger partial charge is 0.410 e. The molecule has 12 heteroatoms. The second-order valence-electron chi connectivity index (χ2n) is 12.9. The zero-order valence-electron chi connectivity index (χ0n) is 27.5. The molecule has 1 amide bonds. The zero-order chi connectivity index (χ0) is 34.0. The van der Waals surface area contributed by atoms with E-state index in [1.807, 2.05) is 6.92 Å². The molecule has 2 aromatic heterocycles. The van der Waals surface area contributed by atoms with Crippen molar-refractivity contribution in [1.29, 1.82) is 0 Å². The van der Waals surface area contributed by atoms with Crippen LogP contribution in [-0.2, 0) is 25.1 Å². The van der Waals surface area contributed by atoms with Crippen molar-refractivity contribution in [2.75, 3.05) is 33.4 Å². The Bertz CT molecular complexity index is 1830. The van der Waals surface area contributed by atoms with Crippen LogP contribution in [0, 0.1) is 12.7 Å². The number of aliphatic hydroxyl groups is 1. The van der Waals surface area contributed by atoms with Gasteiger partial charge >= 0.3 is 6.09 Å². The Balaban J connectivity index is 0.000000792. The molecule has 1 N–H and O–H groups in total. The molecule has 0 unspecified atom stereocenters. The molecule has 4 heterocycles. The first-order valence-corrected chi connectivity index (χ1v) is 17.1. The first-order valence-electron chi connectivity index (χ1n) is 15.7. The summed E-state index contributed by atoms with van der Waals surface area (Å²) in [6.45, 7) is 9.48. The molecule has 0 aliphatic carbocycles. The maximum Gasteiger partial charge on any atom is 0.410 e. The van der Waals surface area contributed by atoms with Gasteiger partial charge in [0.1, 0.15) is 22.8 Å². The van der Waals surface area contributed by atoms with Gasteiger partial charge < -0.3 is 24.2 Å². The van der Waals surface area contributed by atoms with Crippen LogP contribution in [0.5, 0.6) is 5.75 Å². The lowest BCUT2D eigenvalue weighted by Gasteiger charge is -2.38. The van der Waals surface area contributed by atoms with Gasteiger partial charge in [-0.3, -0.25) is 0 Å². The molecule has 0 spiro atoms. The number of carbonyl (C=O) groups is 1. The number of aromatic nitrogens is 2. The third-order valence-corrected chi connectivity index (χ3v) is 9.94. The number of benzene rings is 2. The summed E-state index contributed by atoms with van der Waals surface area (Å²) in [6, 6.07) is 13.7. The maximum atomic E-state index is 14.4. The lowest BCUT2D eigenvalue weighted by Crippen LogP contribution is -2.47. The molecule has 2 aliphatic rings. The Labute approximate surface area is 275 Å². The first-order chi connectivity index (χ1) is 22.2. The molecule has 0 radical (unpaired) electrons. The molecule has 47 heavy (non-hydrogen) atoms. The van der Waals surface area contributed by atoms with Crippen LogP contribution in [0.2, 0.25) is 0 Å². The number of methoxy groups -OCH3 is 1. The molecule has 0 saturated carbocycles. The highest BCUT2D eigenvalue weighted by atomic mass is 32.2. The highest BCUT2D eigenvalue weighted by Gasteiger charge is 2.42. The lowest BCUT2D eigenvalue weighted by atomic mass is 9.88. The Morgan fingerprint density at radius 1 is 1.00 bits per heavy atom. The molecule has 6 rings (SSSR count). The molecule has 2 fully saturated rings. The second-order valence-corrected chi connectivity index (χ2v) is 14.7. The van der Waals surface area contributed by atoms with Gasteiger partial charge in [0.15, 0.2) is 5.65 Å². The molecule has 10 nitrogen and oxygen atoms in total. The van der Waals surface area contributed by atoms with E-state index < -0.39 is 33.1 Å². The quantitative estimate of drug-likeness (QED) is 0.259. The number of piperidine rings is 1. The fourth-order valence-corrected chi connectivity index (χ4v) is 7.28. The minimum absolute atomic E-state index is 0.0252. The molecule has 2 aliphatic heterocycles. The van der Waals surface area contributed by atoms with E-state index in [2.05, 4.69) is 4.98 Å². The van der Waals surface area contributed by atoms with E-state index >= 15 is 0 Å². The van der Waals surface area contributed by atoms with Crippen molar-refractivity contribution in [3.8, 4) is 16.9 Å². The Hall–Kier alpha value is -4.00. The minimum Gasteiger partial charge on any atom is -0.496 e. The monoisotopic (exact) mass is 667 g/mol. The molecule has 252 valence electrons. The zero-order valence-corrected chi connectivity index (χ0v) is 28.3. The Morgan fingerprint density at radius 3 is 2.23 bits per heavy atom. The van der Waals surface area contributed by atoms with Crippen LogP contribution >= 0.6 is 0 Å². The van der Waals surface area contributed by atoms with Crippen molar-refractivity contribution in [3.63, 3.8) is 0 Å². The van der Waals surface area contributed by atoms with Crippen LogP contribution < -0.4 is 4.74 Å². The fraction of sp³-hybridized carbons (Fsp3) is 0.429. The first kappa shape index (κ1) is 34.3. The van der Waals surface area contributed by atoms with Gasteiger partial charge in [-0.2, -0.15) is 0 Å². The summed E-state index contributed by atoms with van der Waals surface area (Å²) in [5.74, 6) is -0.0974. The number of aryl methyl sites for hydroxylation is 1. The summed E-state index contributed by atoms with van der Waals surface area (Å²) in [6.07, 6.45) is 3.62. The summed E-state index contributed by atoms with van der Waals surface area (Å²) in [4.78, 5) is 18.7. The number of likely N-dealkylation sites (tertiary alicyclic amines) is 1. The van der Waals surface area contributed by atoms with Gasteiger partial charge in [-0.1, -0.05) is 17.7 Å². The number of fused-ring (bicyclic) bond motifs is 1. The molecular weight excluding hydrogens is 625 g/mol. The van der Waals surface area contributed by atoms with E-state index in [4.69, 9.17) is 14.2 Å². The van der Waals surface area contributed by atoms with Crippen molar-refractivity contribution in [3.05, 3.63) is 77.9 Å². The third-order valence-electron chi connectivity index (χ3n) is 8.22. The van der Waals surface area contributed by atoms with Crippen molar-refractivity contribution in [2.24, 2.45) is 0 Å². The van der Waals surface area contributed by atoms with Crippen molar-refractivity contribution in [2.45, 2.75) is 69.5 Å². The van der Waals surface area contributed by atoms with E-state index in [0.29, 0.717) is 22.3 Å². The number of hydrogen-bond donors (Lipinski definition) is 1. The molecule has 4 aromatic rings. The Morgan fingerprint density at radius 2 is 1.66 bits per heavy atom. The van der Waals surface area contributed by atoms with Crippen LogP contribution in [0.15, 0.2) is 65.7 Å². The Kier molecular flexibility index (Phi) is 9.95. The van der Waals surface area contributed by atoms with Gasteiger partial charge in [0.2, 0.25) is 0 Å². The highest BCUT2D eigenvalue weighted by molar-refractivity contribution is 7.90. The number of hydrogen-bond acceptors (Lipinski definition) is 8. The summed E-state index contributed by atoms with van der Waals surface area (Å²) in [5, 5.41) is 12.4. The van der Waals surface area contributed by atoms with Gasteiger partial charge in [-0.25, -0.2) is 26.6 Å². The van der Waals surface area contributed by atoms with Gasteiger partial charge in [-0.15, -0.1) is 0 Å². The largest absolute Gasteiger partial charge is 0.496 e. The topological polar surface area (TPSA) is 120 Å². The van der Waals surface area contributed by atoms with Crippen molar-refractivity contribution >= 4 is 27.1 Å². The summed E-state index contributed by atoms with van der Waals surface area (Å²) >= 11 is 0. The predicted octanol–water partition coefficient (Wildman–Crippen LogP) is 6.41. The van der Waals surface area contributed by atoms with E-state index in [1.54, 1.807) is 45.0 Å². The van der Waals surface area contributed by atoms with Crippen LogP contribution in [0.1, 0.15) is 57.7 Å². The maximum absolute atomic E-state index is 14.4. The summed E-state index contributed by atoms with van der Waals surface area (Å²) < 4.78 is 59.8. The van der Waals surface area contributed by atoms with Crippen molar-refractivity contribution < 1.29 is 36.9 Å². The van der Waals surface area contributed by atoms with Crippen LogP contribution in [0.3, 0.4) is 0 Å². The number of rotatable bonds is 5. The van der Waals surface area contributed by atoms with E-state index in [-0.39, 0.29) is 42.2 Å². The van der Waals surface area contributed by atoms with Crippen LogP contribution in [0.4, 0.5) is 9.18 Å². The predicted molar refractivity (Wildman–Crippen MR) is 176 cm³/mol. The van der Waals surface area contributed by atoms with Gasteiger partial charge in [-0.05, 0) is 101 Å². The summed E-state index contributed by atoms with van der Waals surface area (Å²) in [7, 11) is -2.78. The van der Waals surface area contributed by atoms with Gasteiger partial charge in [0, 0.05) is 43.4 Å². The molecular formula is C35H42FN3O7S. The standard InChI is InChI=1S/C31H34FN3O6S.C4H8O/c1-20-6-9-22(10-7-20)42(38,39)35-27(31(37)13-16-34(17-14-31)29(36)41-30(2,3)4)19-25-23(12-15-33-28(25)35)24-18-21(32)8-11-26(24)40-5;1-2-4-5-3-1/h6-12,15,18-19,37H,13-14,16-17H2,1-5H3;1-4H2. The number of pyridine rings is 1. The number of ether oxygens (including phenoxy) is 3. The van der Waals surface area contributed by atoms with E-state index in [1.165, 1.54) is 61.4 Å². The second kappa shape index (κ2) is 13.6. The average molecular weight is 668 g/mol. The number of carbonyl (C=O) groups excluding carboxylic acids is 1. The molecule has 2 aromatic carbocycles. The van der Waals surface area contributed by atoms with Gasteiger partial charge in [0.05, 0.1) is 17.7 Å². The SMILES string of the molecule is C1CCOC1.COc1ccc(F)cc1-c1ccnc2c1cc(C1(O)CCN(C(=O)OC(C)(C)C)CC1)n2S(=O)(=O)c1ccc(C)cc1. The molecule has 2 saturated heterocycles. The number of amides is 1. The highest BCUT2D eigenvalue weighted by Crippen LogP contribution is 2.42. The van der Waals surface area contributed by atoms with E-state index in [0.717, 1.165) is 22.7 Å². The van der Waals surface area contributed by atoms with Gasteiger partial charge in [0.25, 0.3) is 10.0 Å². The molecule has 0 atom stereocenters. The molecule has 0 bridgehead atoms. The van der Waals surface area contributed by atoms with Crippen LogP contribution in [0.25, 0.3) is 22.2 Å². The lowest BCUT2D eigenvalue weighted by molar-refractivity contribution is -0.0384. The normalized spacial score (nSPS) is 16.4.